The lowest BCUT2D eigenvalue weighted by Crippen LogP contribution is -2.33. The zero-order chi connectivity index (χ0) is 23.2. The second-order valence-corrected chi connectivity index (χ2v) is 8.13. The Hall–Kier alpha value is -3.30. The Morgan fingerprint density at radius 2 is 2.00 bits per heavy atom. The molecule has 7 nitrogen and oxygen atoms in total. The summed E-state index contributed by atoms with van der Waals surface area (Å²) in [5, 5.41) is 6.78. The van der Waals surface area contributed by atoms with Crippen LogP contribution in [0.5, 0.6) is 0 Å². The van der Waals surface area contributed by atoms with Gasteiger partial charge < -0.3 is 24.8 Å². The summed E-state index contributed by atoms with van der Waals surface area (Å²) in [5.74, 6) is -0.513. The molecule has 0 spiro atoms. The van der Waals surface area contributed by atoms with Gasteiger partial charge in [-0.3, -0.25) is 9.78 Å². The quantitative estimate of drug-likeness (QED) is 0.468. The first-order valence-corrected chi connectivity index (χ1v) is 11.1. The van der Waals surface area contributed by atoms with Crippen LogP contribution in [0.15, 0.2) is 67.0 Å². The molecule has 2 N–H and O–H groups in total. The number of benzene rings is 1. The van der Waals surface area contributed by atoms with Crippen molar-refractivity contribution >= 4 is 28.9 Å². The van der Waals surface area contributed by atoms with Gasteiger partial charge in [0, 0.05) is 50.4 Å². The Morgan fingerprint density at radius 1 is 1.18 bits per heavy atom. The van der Waals surface area contributed by atoms with Gasteiger partial charge in [-0.2, -0.15) is 0 Å². The summed E-state index contributed by atoms with van der Waals surface area (Å²) < 4.78 is 20.5. The Morgan fingerprint density at radius 3 is 2.73 bits per heavy atom. The Balaban J connectivity index is 1.54. The number of methoxy groups -OCH3 is 1. The number of nitrogens with zero attached hydrogens (tertiary/aromatic N) is 3. The number of hydrogen-bond donors (Lipinski definition) is 2. The molecule has 1 amide bonds. The fourth-order valence-corrected chi connectivity index (χ4v) is 4.37. The van der Waals surface area contributed by atoms with E-state index in [4.69, 9.17) is 17.0 Å². The van der Waals surface area contributed by atoms with Crippen molar-refractivity contribution in [3.8, 4) is 0 Å². The smallest absolute Gasteiger partial charge is 0.226 e. The molecule has 0 saturated carbocycles. The number of hydrogen-bond acceptors (Lipinski definition) is 4. The van der Waals surface area contributed by atoms with Crippen molar-refractivity contribution in [3.05, 3.63) is 84.2 Å². The van der Waals surface area contributed by atoms with Crippen LogP contribution in [0.1, 0.15) is 29.9 Å². The van der Waals surface area contributed by atoms with Gasteiger partial charge >= 0.3 is 0 Å². The number of pyridine rings is 1. The molecule has 0 bridgehead atoms. The number of halogens is 1. The predicted octanol–water partition coefficient (Wildman–Crippen LogP) is 3.67. The number of thiocarbonyl (C=S) groups is 1. The van der Waals surface area contributed by atoms with Gasteiger partial charge in [0.15, 0.2) is 5.11 Å². The Bertz CT molecular complexity index is 1090. The SMILES string of the molecule is COCCn1cccc1[C@H]1[C@@H](c2ccccn2)NC(=S)N1CCC(=O)Nc1ccc(F)cc1. The molecule has 3 heterocycles. The van der Waals surface area contributed by atoms with E-state index in [1.807, 2.05) is 35.4 Å². The van der Waals surface area contributed by atoms with Crippen LogP contribution < -0.4 is 10.6 Å². The fraction of sp³-hybridized carbons (Fsp3) is 0.292. The normalized spacial score (nSPS) is 17.8. The molecule has 1 fully saturated rings. The molecule has 1 aromatic carbocycles. The Labute approximate surface area is 197 Å². The van der Waals surface area contributed by atoms with E-state index in [0.29, 0.717) is 30.5 Å². The zero-order valence-corrected chi connectivity index (χ0v) is 19.1. The molecule has 1 aliphatic heterocycles. The average molecular weight is 468 g/mol. The maximum Gasteiger partial charge on any atom is 0.226 e. The van der Waals surface area contributed by atoms with Gasteiger partial charge in [0.25, 0.3) is 0 Å². The highest BCUT2D eigenvalue weighted by Gasteiger charge is 2.41. The third-order valence-electron chi connectivity index (χ3n) is 5.61. The van der Waals surface area contributed by atoms with Crippen LogP contribution in [0.2, 0.25) is 0 Å². The Kier molecular flexibility index (Phi) is 7.31. The van der Waals surface area contributed by atoms with Crippen LogP contribution in [-0.4, -0.2) is 45.7 Å². The average Bonchev–Trinajstić information content (AvgIpc) is 3.42. The van der Waals surface area contributed by atoms with Gasteiger partial charge in [0.1, 0.15) is 5.82 Å². The third-order valence-corrected chi connectivity index (χ3v) is 5.96. The number of amides is 1. The number of carbonyl (C=O) groups is 1. The predicted molar refractivity (Wildman–Crippen MR) is 128 cm³/mol. The molecule has 0 radical (unpaired) electrons. The van der Waals surface area contributed by atoms with Crippen LogP contribution in [0.3, 0.4) is 0 Å². The molecule has 1 saturated heterocycles. The molecule has 4 rings (SSSR count). The first-order chi connectivity index (χ1) is 16.1. The van der Waals surface area contributed by atoms with Gasteiger partial charge in [-0.05, 0) is 60.7 Å². The van der Waals surface area contributed by atoms with Crippen molar-refractivity contribution in [1.82, 2.24) is 19.8 Å². The molecule has 1 aliphatic rings. The van der Waals surface area contributed by atoms with Crippen molar-refractivity contribution in [3.63, 3.8) is 0 Å². The van der Waals surface area contributed by atoms with Crippen LogP contribution in [0.4, 0.5) is 10.1 Å². The molecule has 33 heavy (non-hydrogen) atoms. The van der Waals surface area contributed by atoms with Gasteiger partial charge in [0.05, 0.1) is 24.4 Å². The summed E-state index contributed by atoms with van der Waals surface area (Å²) in [4.78, 5) is 19.2. The number of carbonyl (C=O) groups excluding carboxylic acids is 1. The third kappa shape index (κ3) is 5.37. The lowest BCUT2D eigenvalue weighted by atomic mass is 10.0. The molecular formula is C24H26FN5O2S. The van der Waals surface area contributed by atoms with Crippen LogP contribution in [0, 0.1) is 5.82 Å². The van der Waals surface area contributed by atoms with E-state index >= 15 is 0 Å². The van der Waals surface area contributed by atoms with Crippen LogP contribution >= 0.6 is 12.2 Å². The summed E-state index contributed by atoms with van der Waals surface area (Å²) >= 11 is 5.68. The van der Waals surface area contributed by atoms with E-state index < -0.39 is 0 Å². The number of ether oxygens (including phenoxy) is 1. The summed E-state index contributed by atoms with van der Waals surface area (Å²) in [6.45, 7) is 1.71. The maximum atomic E-state index is 13.1. The van der Waals surface area contributed by atoms with Crippen molar-refractivity contribution in [2.24, 2.45) is 0 Å². The zero-order valence-electron chi connectivity index (χ0n) is 18.3. The molecule has 172 valence electrons. The fourth-order valence-electron chi connectivity index (χ4n) is 4.04. The number of anilines is 1. The molecule has 9 heteroatoms. The monoisotopic (exact) mass is 467 g/mol. The minimum atomic E-state index is -0.346. The first kappa shape index (κ1) is 22.9. The van der Waals surface area contributed by atoms with Crippen molar-refractivity contribution in [1.29, 1.82) is 0 Å². The number of rotatable bonds is 9. The summed E-state index contributed by atoms with van der Waals surface area (Å²) in [5.41, 5.74) is 2.50. The standard InChI is InChI=1S/C24H26FN5O2S/c1-32-16-15-29-13-4-6-20(29)23-22(19-5-2-3-12-26-19)28-24(33)30(23)14-11-21(31)27-18-9-7-17(25)8-10-18/h2-10,12-13,22-23H,11,14-16H2,1H3,(H,27,31)(H,28,33)/t22-,23+/m1/s1. The molecule has 0 aliphatic carbocycles. The summed E-state index contributed by atoms with van der Waals surface area (Å²) in [6, 6.07) is 15.3. The van der Waals surface area contributed by atoms with E-state index in [9.17, 15) is 9.18 Å². The lowest BCUT2D eigenvalue weighted by molar-refractivity contribution is -0.116. The van der Waals surface area contributed by atoms with Gasteiger partial charge in [0.2, 0.25) is 5.91 Å². The highest BCUT2D eigenvalue weighted by molar-refractivity contribution is 7.80. The van der Waals surface area contributed by atoms with E-state index in [0.717, 1.165) is 11.4 Å². The van der Waals surface area contributed by atoms with Gasteiger partial charge in [-0.25, -0.2) is 4.39 Å². The van der Waals surface area contributed by atoms with E-state index in [2.05, 4.69) is 26.3 Å². The topological polar surface area (TPSA) is 71.4 Å². The second-order valence-electron chi connectivity index (χ2n) is 7.74. The first-order valence-electron chi connectivity index (χ1n) is 10.7. The number of nitrogens with one attached hydrogen (secondary N) is 2. The summed E-state index contributed by atoms with van der Waals surface area (Å²) in [7, 11) is 1.68. The minimum Gasteiger partial charge on any atom is -0.383 e. The largest absolute Gasteiger partial charge is 0.383 e. The van der Waals surface area contributed by atoms with Crippen LogP contribution in [0.25, 0.3) is 0 Å². The molecule has 0 unspecified atom stereocenters. The maximum absolute atomic E-state index is 13.1. The van der Waals surface area contributed by atoms with Gasteiger partial charge in [-0.15, -0.1) is 0 Å². The van der Waals surface area contributed by atoms with Crippen molar-refractivity contribution in [2.75, 3.05) is 25.6 Å². The minimum absolute atomic E-state index is 0.141. The van der Waals surface area contributed by atoms with E-state index in [1.165, 1.54) is 24.3 Å². The second kappa shape index (κ2) is 10.5. The molecule has 3 aromatic rings. The number of aromatic nitrogens is 2. The molecule has 2 aromatic heterocycles. The van der Waals surface area contributed by atoms with Crippen molar-refractivity contribution in [2.45, 2.75) is 25.0 Å². The highest BCUT2D eigenvalue weighted by atomic mass is 32.1. The van der Waals surface area contributed by atoms with Crippen molar-refractivity contribution < 1.29 is 13.9 Å². The van der Waals surface area contributed by atoms with E-state index in [-0.39, 0.29) is 30.2 Å². The highest BCUT2D eigenvalue weighted by Crippen LogP contribution is 2.38. The van der Waals surface area contributed by atoms with E-state index in [1.54, 1.807) is 13.3 Å². The van der Waals surface area contributed by atoms with Crippen LogP contribution in [-0.2, 0) is 16.1 Å². The van der Waals surface area contributed by atoms with Gasteiger partial charge in [-0.1, -0.05) is 6.07 Å². The molecular weight excluding hydrogens is 441 g/mol. The lowest BCUT2D eigenvalue weighted by Gasteiger charge is -2.28. The molecule has 2 atom stereocenters. The summed E-state index contributed by atoms with van der Waals surface area (Å²) in [6.07, 6.45) is 4.01.